The summed E-state index contributed by atoms with van der Waals surface area (Å²) in [6, 6.07) is 37.5. The van der Waals surface area contributed by atoms with Crippen LogP contribution in [0.5, 0.6) is 0 Å². The van der Waals surface area contributed by atoms with Gasteiger partial charge in [-0.2, -0.15) is 0 Å². The van der Waals surface area contributed by atoms with E-state index in [2.05, 4.69) is 102 Å². The molecule has 0 aliphatic heterocycles. The molecule has 0 radical (unpaired) electrons. The monoisotopic (exact) mass is 668 g/mol. The highest BCUT2D eigenvalue weighted by Gasteiger charge is 2.20. The van der Waals surface area contributed by atoms with Crippen LogP contribution < -0.4 is 0 Å². The van der Waals surface area contributed by atoms with Gasteiger partial charge in [-0.15, -0.1) is 6.42 Å². The van der Waals surface area contributed by atoms with Crippen molar-refractivity contribution in [2.45, 2.75) is 12.8 Å². The highest BCUT2D eigenvalue weighted by atomic mass is 16.3. The van der Waals surface area contributed by atoms with Gasteiger partial charge in [0.05, 0.1) is 11.0 Å². The van der Waals surface area contributed by atoms with E-state index >= 15 is 0 Å². The summed E-state index contributed by atoms with van der Waals surface area (Å²) in [5.74, 6) is 4.54. The zero-order chi connectivity index (χ0) is 35.0. The number of hydrogen-bond donors (Lipinski definition) is 0. The second-order valence-electron chi connectivity index (χ2n) is 12.7. The molecule has 5 aromatic carbocycles. The first kappa shape index (κ1) is 31.0. The van der Waals surface area contributed by atoms with Gasteiger partial charge in [-0.05, 0) is 66.5 Å². The van der Waals surface area contributed by atoms with Crippen LogP contribution in [-0.2, 0) is 0 Å². The largest absolute Gasteiger partial charge is 0.456 e. The Hall–Kier alpha value is -7.03. The molecule has 1 aliphatic carbocycles. The number of benzene rings is 5. The molecule has 0 spiro atoms. The molecular formula is C47H32N4O. The zero-order valence-corrected chi connectivity index (χ0v) is 28.3. The van der Waals surface area contributed by atoms with Gasteiger partial charge in [-0.1, -0.05) is 116 Å². The van der Waals surface area contributed by atoms with Crippen molar-refractivity contribution in [3.63, 3.8) is 0 Å². The van der Waals surface area contributed by atoms with Crippen LogP contribution in [0.3, 0.4) is 0 Å². The predicted molar refractivity (Wildman–Crippen MR) is 215 cm³/mol. The Kier molecular flexibility index (Phi) is 7.76. The maximum atomic E-state index is 6.62. The molecule has 0 N–H and O–H groups in total. The number of hydrogen-bond acceptors (Lipinski definition) is 4. The topological polar surface area (TPSA) is 56.7 Å². The van der Waals surface area contributed by atoms with Gasteiger partial charge in [0.15, 0.2) is 17.5 Å². The maximum Gasteiger partial charge on any atom is 0.164 e. The molecule has 0 bridgehead atoms. The fourth-order valence-electron chi connectivity index (χ4n) is 7.30. The van der Waals surface area contributed by atoms with E-state index in [4.69, 9.17) is 25.8 Å². The number of furan rings is 1. The number of rotatable bonds is 7. The van der Waals surface area contributed by atoms with Gasteiger partial charge in [-0.3, -0.25) is 0 Å². The van der Waals surface area contributed by atoms with Gasteiger partial charge in [0.1, 0.15) is 11.2 Å². The Balaban J connectivity index is 1.24. The molecule has 3 heterocycles. The Labute approximate surface area is 301 Å². The summed E-state index contributed by atoms with van der Waals surface area (Å²) in [7, 11) is 0. The third-order valence-corrected chi connectivity index (χ3v) is 9.57. The van der Waals surface area contributed by atoms with Crippen molar-refractivity contribution in [3.8, 4) is 40.8 Å². The second-order valence-corrected chi connectivity index (χ2v) is 12.7. The lowest BCUT2D eigenvalue weighted by Gasteiger charge is -2.11. The van der Waals surface area contributed by atoms with Crippen LogP contribution in [-0.4, -0.2) is 19.5 Å². The third kappa shape index (κ3) is 5.26. The molecule has 9 rings (SSSR count). The van der Waals surface area contributed by atoms with E-state index in [9.17, 15) is 0 Å². The number of fused-ring (bicyclic) bond motifs is 6. The maximum absolute atomic E-state index is 6.62. The summed E-state index contributed by atoms with van der Waals surface area (Å²) in [4.78, 5) is 15.0. The van der Waals surface area contributed by atoms with Gasteiger partial charge in [-0.25, -0.2) is 15.0 Å². The lowest BCUT2D eigenvalue weighted by molar-refractivity contribution is 0.668. The van der Waals surface area contributed by atoms with Crippen LogP contribution in [0.15, 0.2) is 163 Å². The lowest BCUT2D eigenvalue weighted by Crippen LogP contribution is -2.03. The molecule has 3 aromatic heterocycles. The van der Waals surface area contributed by atoms with Gasteiger partial charge in [0.25, 0.3) is 0 Å². The first-order chi connectivity index (χ1) is 25.7. The Morgan fingerprint density at radius 3 is 2.40 bits per heavy atom. The minimum Gasteiger partial charge on any atom is -0.456 e. The van der Waals surface area contributed by atoms with Gasteiger partial charge in [0, 0.05) is 50.0 Å². The normalized spacial score (nSPS) is 13.4. The van der Waals surface area contributed by atoms with Crippen molar-refractivity contribution in [3.05, 3.63) is 170 Å². The van der Waals surface area contributed by atoms with E-state index in [1.807, 2.05) is 54.6 Å². The van der Waals surface area contributed by atoms with Crippen LogP contribution >= 0.6 is 0 Å². The SMILES string of the molecule is C#C/C=C\C(=C/C=C)c1cccc2c1c1ccccc1n2-c1ccc2c(c1)oc1cccc(-c3nc(C4=CCCC=C4)nc(-c4ccccc4)n3)c12. The highest BCUT2D eigenvalue weighted by Crippen LogP contribution is 2.40. The molecule has 0 amide bonds. The van der Waals surface area contributed by atoms with Gasteiger partial charge >= 0.3 is 0 Å². The second kappa shape index (κ2) is 13.0. The fourth-order valence-corrected chi connectivity index (χ4v) is 7.30. The minimum atomic E-state index is 0.610. The summed E-state index contributed by atoms with van der Waals surface area (Å²) >= 11 is 0. The molecule has 5 nitrogen and oxygen atoms in total. The summed E-state index contributed by atoms with van der Waals surface area (Å²) in [5, 5.41) is 4.25. The Morgan fingerprint density at radius 1 is 0.750 bits per heavy atom. The number of nitrogens with zero attached hydrogens (tertiary/aromatic N) is 4. The number of terminal acetylenes is 1. The van der Waals surface area contributed by atoms with E-state index < -0.39 is 0 Å². The molecule has 0 fully saturated rings. The average Bonchev–Trinajstić information content (AvgIpc) is 3.75. The fraction of sp³-hybridized carbons (Fsp3) is 0.0426. The third-order valence-electron chi connectivity index (χ3n) is 9.57. The standard InChI is InChI=1S/C47H32N4O/c1-3-5-17-31(16-4-2)35-23-14-26-40-43(35)36-22-12-13-25-39(36)51(40)34-28-29-37-42(30-34)52-41-27-15-24-38(44(37)41)47-49-45(32-18-8-6-9-19-32)48-46(50-47)33-20-10-7-11-21-33/h1,4-6,8-10,12-30H,2,7,11H2/b17-5-,31-16+. The molecule has 246 valence electrons. The molecule has 0 saturated heterocycles. The molecular weight excluding hydrogens is 637 g/mol. The van der Waals surface area contributed by atoms with E-state index in [0.717, 1.165) is 90.1 Å². The molecule has 8 aromatic rings. The highest BCUT2D eigenvalue weighted by molar-refractivity contribution is 6.15. The lowest BCUT2D eigenvalue weighted by atomic mass is 9.98. The van der Waals surface area contributed by atoms with Crippen LogP contribution in [0.4, 0.5) is 0 Å². The van der Waals surface area contributed by atoms with Gasteiger partial charge in [0.2, 0.25) is 0 Å². The molecule has 52 heavy (non-hydrogen) atoms. The predicted octanol–water partition coefficient (Wildman–Crippen LogP) is 11.7. The molecule has 0 saturated carbocycles. The van der Waals surface area contributed by atoms with Crippen molar-refractivity contribution in [2.75, 3.05) is 0 Å². The van der Waals surface area contributed by atoms with Crippen molar-refractivity contribution in [1.29, 1.82) is 0 Å². The van der Waals surface area contributed by atoms with Crippen LogP contribution in [0.25, 0.3) is 83.4 Å². The summed E-state index contributed by atoms with van der Waals surface area (Å²) in [6.07, 6.45) is 21.5. The zero-order valence-electron chi connectivity index (χ0n) is 28.3. The van der Waals surface area contributed by atoms with Crippen LogP contribution in [0.2, 0.25) is 0 Å². The van der Waals surface area contributed by atoms with Crippen molar-refractivity contribution < 1.29 is 4.42 Å². The number of aromatic nitrogens is 4. The molecule has 1 aliphatic rings. The average molecular weight is 669 g/mol. The van der Waals surface area contributed by atoms with Crippen molar-refractivity contribution >= 4 is 54.9 Å². The molecule has 0 atom stereocenters. The Bertz CT molecular complexity index is 2870. The van der Waals surface area contributed by atoms with E-state index in [1.165, 1.54) is 0 Å². The van der Waals surface area contributed by atoms with E-state index in [0.29, 0.717) is 17.5 Å². The van der Waals surface area contributed by atoms with Crippen molar-refractivity contribution in [2.24, 2.45) is 0 Å². The van der Waals surface area contributed by atoms with Crippen LogP contribution in [0, 0.1) is 12.3 Å². The van der Waals surface area contributed by atoms with E-state index in [-0.39, 0.29) is 0 Å². The number of para-hydroxylation sites is 1. The van der Waals surface area contributed by atoms with Crippen molar-refractivity contribution in [1.82, 2.24) is 19.5 Å². The van der Waals surface area contributed by atoms with Gasteiger partial charge < -0.3 is 8.98 Å². The molecule has 0 unspecified atom stereocenters. The summed E-state index contributed by atoms with van der Waals surface area (Å²) in [6.45, 7) is 3.95. The Morgan fingerprint density at radius 2 is 1.56 bits per heavy atom. The smallest absolute Gasteiger partial charge is 0.164 e. The first-order valence-electron chi connectivity index (χ1n) is 17.3. The first-order valence-corrected chi connectivity index (χ1v) is 17.3. The van der Waals surface area contributed by atoms with E-state index in [1.54, 1.807) is 12.2 Å². The summed E-state index contributed by atoms with van der Waals surface area (Å²) < 4.78 is 8.92. The minimum absolute atomic E-state index is 0.610. The van der Waals surface area contributed by atoms with Crippen LogP contribution in [0.1, 0.15) is 24.2 Å². The summed E-state index contributed by atoms with van der Waals surface area (Å²) in [5.41, 5.74) is 9.64. The molecule has 5 heteroatoms. The number of allylic oxidation sites excluding steroid dienone is 9. The quantitative estimate of drug-likeness (QED) is 0.125.